The summed E-state index contributed by atoms with van der Waals surface area (Å²) in [5.41, 5.74) is 6.09. The van der Waals surface area contributed by atoms with Gasteiger partial charge in [-0.15, -0.1) is 0 Å². The van der Waals surface area contributed by atoms with E-state index in [-0.39, 0.29) is 24.8 Å². The fraction of sp³-hybridized carbons (Fsp3) is 0.545. The predicted molar refractivity (Wildman–Crippen MR) is 66.6 cm³/mol. The SMILES string of the molecule is CCNC(=O)[C@H](Cc1cnc[nH]1)NC(=O)CCN. The molecule has 0 radical (unpaired) electrons. The van der Waals surface area contributed by atoms with E-state index in [4.69, 9.17) is 5.73 Å². The van der Waals surface area contributed by atoms with E-state index in [1.54, 1.807) is 6.20 Å². The Kier molecular flexibility index (Phi) is 5.86. The van der Waals surface area contributed by atoms with Crippen molar-refractivity contribution in [3.8, 4) is 0 Å². The number of hydrogen-bond acceptors (Lipinski definition) is 4. The molecule has 0 bridgehead atoms. The maximum atomic E-state index is 11.8. The average molecular weight is 253 g/mol. The number of aromatic amines is 1. The predicted octanol–water partition coefficient (Wildman–Crippen LogP) is -1.08. The van der Waals surface area contributed by atoms with Crippen molar-refractivity contribution in [3.05, 3.63) is 18.2 Å². The van der Waals surface area contributed by atoms with Crippen LogP contribution in [0.15, 0.2) is 12.5 Å². The molecule has 1 aromatic heterocycles. The number of likely N-dealkylation sites (N-methyl/N-ethyl adjacent to an activating group) is 1. The van der Waals surface area contributed by atoms with Crippen LogP contribution in [-0.4, -0.2) is 40.9 Å². The summed E-state index contributed by atoms with van der Waals surface area (Å²) in [5, 5.41) is 5.35. The standard InChI is InChI=1S/C11H19N5O2/c1-2-14-11(18)9(16-10(17)3-4-12)5-8-6-13-7-15-8/h6-7,9H,2-5,12H2,1H3,(H,13,15)(H,14,18)(H,16,17)/t9-/m0/s1. The summed E-state index contributed by atoms with van der Waals surface area (Å²) in [6.45, 7) is 2.61. The van der Waals surface area contributed by atoms with Crippen LogP contribution in [0.4, 0.5) is 0 Å². The first-order valence-electron chi connectivity index (χ1n) is 5.91. The molecule has 0 unspecified atom stereocenters. The zero-order valence-electron chi connectivity index (χ0n) is 10.4. The van der Waals surface area contributed by atoms with Crippen LogP contribution in [0.25, 0.3) is 0 Å². The normalized spacial score (nSPS) is 11.9. The number of carbonyl (C=O) groups excluding carboxylic acids is 2. The Morgan fingerprint density at radius 3 is 2.89 bits per heavy atom. The quantitative estimate of drug-likeness (QED) is 0.495. The van der Waals surface area contributed by atoms with Gasteiger partial charge in [0.1, 0.15) is 6.04 Å². The van der Waals surface area contributed by atoms with Crippen LogP contribution >= 0.6 is 0 Å². The third-order valence-corrected chi connectivity index (χ3v) is 2.35. The Bertz CT molecular complexity index is 377. The molecule has 5 N–H and O–H groups in total. The molecule has 2 amide bonds. The minimum absolute atomic E-state index is 0.207. The average Bonchev–Trinajstić information content (AvgIpc) is 2.81. The van der Waals surface area contributed by atoms with Gasteiger partial charge in [0.25, 0.3) is 0 Å². The van der Waals surface area contributed by atoms with Gasteiger partial charge >= 0.3 is 0 Å². The van der Waals surface area contributed by atoms with Gasteiger partial charge in [-0.3, -0.25) is 9.59 Å². The second kappa shape index (κ2) is 7.44. The molecule has 0 saturated carbocycles. The van der Waals surface area contributed by atoms with Crippen molar-refractivity contribution in [2.45, 2.75) is 25.8 Å². The van der Waals surface area contributed by atoms with Gasteiger partial charge in [-0.1, -0.05) is 0 Å². The highest BCUT2D eigenvalue weighted by atomic mass is 16.2. The van der Waals surface area contributed by atoms with E-state index >= 15 is 0 Å². The molecule has 0 aliphatic rings. The van der Waals surface area contributed by atoms with Crippen LogP contribution in [0.2, 0.25) is 0 Å². The van der Waals surface area contributed by atoms with Crippen molar-refractivity contribution in [2.75, 3.05) is 13.1 Å². The minimum atomic E-state index is -0.607. The monoisotopic (exact) mass is 253 g/mol. The summed E-state index contributed by atoms with van der Waals surface area (Å²) in [7, 11) is 0. The first kappa shape index (κ1) is 14.2. The largest absolute Gasteiger partial charge is 0.355 e. The smallest absolute Gasteiger partial charge is 0.242 e. The molecule has 7 heteroatoms. The van der Waals surface area contributed by atoms with Gasteiger partial charge in [-0.2, -0.15) is 0 Å². The van der Waals surface area contributed by atoms with Gasteiger partial charge in [-0.25, -0.2) is 4.98 Å². The fourth-order valence-electron chi connectivity index (χ4n) is 1.52. The molecule has 1 aromatic rings. The van der Waals surface area contributed by atoms with Crippen molar-refractivity contribution >= 4 is 11.8 Å². The number of amides is 2. The van der Waals surface area contributed by atoms with Gasteiger partial charge < -0.3 is 21.4 Å². The van der Waals surface area contributed by atoms with Gasteiger partial charge in [0, 0.05) is 37.8 Å². The molecule has 1 rings (SSSR count). The van der Waals surface area contributed by atoms with E-state index in [1.807, 2.05) is 6.92 Å². The maximum absolute atomic E-state index is 11.8. The van der Waals surface area contributed by atoms with Crippen LogP contribution in [0.5, 0.6) is 0 Å². The Labute approximate surface area is 106 Å². The van der Waals surface area contributed by atoms with Crippen molar-refractivity contribution in [1.29, 1.82) is 0 Å². The van der Waals surface area contributed by atoms with Gasteiger partial charge in [0.05, 0.1) is 6.33 Å². The number of H-pyrrole nitrogens is 1. The number of nitrogens with zero attached hydrogens (tertiary/aromatic N) is 1. The number of aromatic nitrogens is 2. The van der Waals surface area contributed by atoms with E-state index in [1.165, 1.54) is 6.33 Å². The van der Waals surface area contributed by atoms with Crippen LogP contribution in [0, 0.1) is 0 Å². The molecule has 100 valence electrons. The fourth-order valence-corrected chi connectivity index (χ4v) is 1.52. The molecule has 0 spiro atoms. The van der Waals surface area contributed by atoms with E-state index in [0.717, 1.165) is 5.69 Å². The molecule has 0 aliphatic heterocycles. The highest BCUT2D eigenvalue weighted by molar-refractivity contribution is 5.87. The minimum Gasteiger partial charge on any atom is -0.355 e. The molecule has 7 nitrogen and oxygen atoms in total. The molecule has 1 atom stereocenters. The Morgan fingerprint density at radius 2 is 2.33 bits per heavy atom. The topological polar surface area (TPSA) is 113 Å². The molecule has 1 heterocycles. The maximum Gasteiger partial charge on any atom is 0.242 e. The second-order valence-electron chi connectivity index (χ2n) is 3.83. The summed E-state index contributed by atoms with van der Waals surface area (Å²) >= 11 is 0. The second-order valence-corrected chi connectivity index (χ2v) is 3.83. The molecule has 0 aliphatic carbocycles. The van der Waals surface area contributed by atoms with Crippen molar-refractivity contribution in [2.24, 2.45) is 5.73 Å². The summed E-state index contributed by atoms with van der Waals surface area (Å²) in [4.78, 5) is 30.1. The van der Waals surface area contributed by atoms with Crippen molar-refractivity contribution in [1.82, 2.24) is 20.6 Å². The Morgan fingerprint density at radius 1 is 1.56 bits per heavy atom. The summed E-state index contributed by atoms with van der Waals surface area (Å²) in [6, 6.07) is -0.607. The molecule has 0 fully saturated rings. The highest BCUT2D eigenvalue weighted by Crippen LogP contribution is 1.99. The number of nitrogens with two attached hydrogens (primary N) is 1. The summed E-state index contributed by atoms with van der Waals surface area (Å²) in [6.07, 6.45) is 3.74. The van der Waals surface area contributed by atoms with E-state index < -0.39 is 6.04 Å². The lowest BCUT2D eigenvalue weighted by Crippen LogP contribution is -2.48. The first-order chi connectivity index (χ1) is 8.67. The zero-order chi connectivity index (χ0) is 13.4. The number of hydrogen-bond donors (Lipinski definition) is 4. The molecule has 0 saturated heterocycles. The molecular weight excluding hydrogens is 234 g/mol. The summed E-state index contributed by atoms with van der Waals surface area (Å²) in [5.74, 6) is -0.439. The first-order valence-corrected chi connectivity index (χ1v) is 5.91. The summed E-state index contributed by atoms with van der Waals surface area (Å²) < 4.78 is 0. The lowest BCUT2D eigenvalue weighted by atomic mass is 10.1. The lowest BCUT2D eigenvalue weighted by molar-refractivity contribution is -0.128. The van der Waals surface area contributed by atoms with Crippen molar-refractivity contribution < 1.29 is 9.59 Å². The van der Waals surface area contributed by atoms with Crippen LogP contribution in [0.3, 0.4) is 0 Å². The van der Waals surface area contributed by atoms with E-state index in [2.05, 4.69) is 20.6 Å². The van der Waals surface area contributed by atoms with Gasteiger partial charge in [0.15, 0.2) is 0 Å². The van der Waals surface area contributed by atoms with Crippen LogP contribution in [0.1, 0.15) is 19.0 Å². The van der Waals surface area contributed by atoms with Crippen LogP contribution < -0.4 is 16.4 Å². The zero-order valence-corrected chi connectivity index (χ0v) is 10.4. The molecule has 18 heavy (non-hydrogen) atoms. The number of carbonyl (C=O) groups is 2. The third-order valence-electron chi connectivity index (χ3n) is 2.35. The highest BCUT2D eigenvalue weighted by Gasteiger charge is 2.20. The van der Waals surface area contributed by atoms with Crippen LogP contribution in [-0.2, 0) is 16.0 Å². The Balaban J connectivity index is 2.62. The molecule has 0 aromatic carbocycles. The number of nitrogens with one attached hydrogen (secondary N) is 3. The van der Waals surface area contributed by atoms with E-state index in [9.17, 15) is 9.59 Å². The molecular formula is C11H19N5O2. The number of rotatable bonds is 7. The Hall–Kier alpha value is -1.89. The third kappa shape index (κ3) is 4.54. The van der Waals surface area contributed by atoms with Gasteiger partial charge in [0.2, 0.25) is 11.8 Å². The van der Waals surface area contributed by atoms with Gasteiger partial charge in [-0.05, 0) is 6.92 Å². The number of imidazole rings is 1. The van der Waals surface area contributed by atoms with Crippen molar-refractivity contribution in [3.63, 3.8) is 0 Å². The lowest BCUT2D eigenvalue weighted by Gasteiger charge is -2.17. The van der Waals surface area contributed by atoms with E-state index in [0.29, 0.717) is 13.0 Å².